The van der Waals surface area contributed by atoms with Gasteiger partial charge < -0.3 is 19.9 Å². The number of carbonyl (C=O) groups is 1. The third-order valence-electron chi connectivity index (χ3n) is 7.80. The number of halogens is 3. The summed E-state index contributed by atoms with van der Waals surface area (Å²) < 4.78 is 44.3. The molecule has 0 bridgehead atoms. The number of aliphatic hydroxyl groups is 1. The van der Waals surface area contributed by atoms with Crippen molar-refractivity contribution in [3.8, 4) is 22.5 Å². The van der Waals surface area contributed by atoms with E-state index in [0.29, 0.717) is 23.5 Å². The van der Waals surface area contributed by atoms with Crippen molar-refractivity contribution < 1.29 is 23.1 Å². The van der Waals surface area contributed by atoms with Crippen LogP contribution in [0.25, 0.3) is 22.5 Å². The molecule has 2 atom stereocenters. The number of anilines is 1. The highest BCUT2D eigenvalue weighted by Gasteiger charge is 2.40. The van der Waals surface area contributed by atoms with Gasteiger partial charge in [0.25, 0.3) is 5.91 Å². The lowest BCUT2D eigenvalue weighted by atomic mass is 9.98. The van der Waals surface area contributed by atoms with Crippen LogP contribution >= 0.6 is 0 Å². The number of hydrogen-bond donors (Lipinski definition) is 2. The Kier molecular flexibility index (Phi) is 6.67. The molecule has 6 rings (SSSR count). The molecule has 0 radical (unpaired) electrons. The molecule has 0 spiro atoms. The van der Waals surface area contributed by atoms with Crippen molar-refractivity contribution in [1.29, 1.82) is 0 Å². The number of amides is 1. The Balaban J connectivity index is 1.33. The standard InChI is InChI=1S/C30H28F3N5O2/c1-37-17-35-36-28(37)22-9-3-2-8-21(22)19-6-4-7-20(14-19)38-16-24-23(29(38)40)12-18(13-25(24)30(31,32)33)15-34-26-10-5-11-27(26)39/h2-4,6-9,12-14,17,26-27,34,39H,5,10-11,15-16H2,1H3/t26-,27+/m1/s1. The Morgan fingerprint density at radius 1 is 1.02 bits per heavy atom. The zero-order valence-electron chi connectivity index (χ0n) is 21.8. The van der Waals surface area contributed by atoms with Gasteiger partial charge in [-0.2, -0.15) is 13.2 Å². The van der Waals surface area contributed by atoms with E-state index in [1.165, 1.54) is 4.90 Å². The number of hydrogen-bond acceptors (Lipinski definition) is 5. The first-order valence-electron chi connectivity index (χ1n) is 13.2. The van der Waals surface area contributed by atoms with Gasteiger partial charge in [-0.1, -0.05) is 36.4 Å². The summed E-state index contributed by atoms with van der Waals surface area (Å²) in [6.45, 7) is -0.0356. The molecule has 3 aromatic carbocycles. The number of nitrogens with one attached hydrogen (secondary N) is 1. The lowest BCUT2D eigenvalue weighted by molar-refractivity contribution is -0.138. The second-order valence-electron chi connectivity index (χ2n) is 10.4. The molecule has 0 saturated heterocycles. The maximum Gasteiger partial charge on any atom is 0.416 e. The highest BCUT2D eigenvalue weighted by Crippen LogP contribution is 2.40. The first kappa shape index (κ1) is 26.2. The van der Waals surface area contributed by atoms with Gasteiger partial charge in [-0.25, -0.2) is 0 Å². The van der Waals surface area contributed by atoms with Gasteiger partial charge in [0.15, 0.2) is 5.82 Å². The fraction of sp³-hybridized carbons (Fsp3) is 0.300. The fourth-order valence-corrected chi connectivity index (χ4v) is 5.76. The Bertz CT molecular complexity index is 1580. The van der Waals surface area contributed by atoms with Crippen LogP contribution in [0.5, 0.6) is 0 Å². The van der Waals surface area contributed by atoms with E-state index in [1.54, 1.807) is 24.5 Å². The van der Waals surface area contributed by atoms with Gasteiger partial charge in [0.05, 0.1) is 18.2 Å². The van der Waals surface area contributed by atoms with Gasteiger partial charge in [-0.15, -0.1) is 10.2 Å². The van der Waals surface area contributed by atoms with Gasteiger partial charge in [-0.05, 0) is 65.8 Å². The Morgan fingerprint density at radius 2 is 1.82 bits per heavy atom. The van der Waals surface area contributed by atoms with Crippen LogP contribution in [0.1, 0.15) is 46.3 Å². The molecule has 1 fully saturated rings. The molecular formula is C30H28F3N5O2. The maximum atomic E-state index is 14.2. The van der Waals surface area contributed by atoms with E-state index in [1.807, 2.05) is 48.0 Å². The molecule has 2 heterocycles. The Labute approximate surface area is 229 Å². The summed E-state index contributed by atoms with van der Waals surface area (Å²) in [5.41, 5.74) is 2.63. The van der Waals surface area contributed by atoms with E-state index in [4.69, 9.17) is 0 Å². The molecule has 1 aliphatic heterocycles. The molecule has 1 aromatic heterocycles. The van der Waals surface area contributed by atoms with Crippen molar-refractivity contribution in [2.45, 2.75) is 50.7 Å². The minimum absolute atomic E-state index is 0.0213. The van der Waals surface area contributed by atoms with Crippen LogP contribution in [0.3, 0.4) is 0 Å². The second kappa shape index (κ2) is 10.2. The molecule has 7 nitrogen and oxygen atoms in total. The van der Waals surface area contributed by atoms with E-state index in [9.17, 15) is 23.1 Å². The predicted molar refractivity (Wildman–Crippen MR) is 144 cm³/mol. The van der Waals surface area contributed by atoms with Crippen LogP contribution in [0.15, 0.2) is 67.0 Å². The normalized spacial score (nSPS) is 18.9. The summed E-state index contributed by atoms with van der Waals surface area (Å²) in [7, 11) is 1.85. The molecule has 1 saturated carbocycles. The zero-order valence-corrected chi connectivity index (χ0v) is 21.8. The number of alkyl halides is 3. The first-order valence-corrected chi connectivity index (χ1v) is 13.2. The van der Waals surface area contributed by atoms with Crippen molar-refractivity contribution in [3.63, 3.8) is 0 Å². The van der Waals surface area contributed by atoms with Crippen LogP contribution in [0.2, 0.25) is 0 Å². The average molecular weight is 548 g/mol. The molecule has 1 amide bonds. The molecule has 0 unspecified atom stereocenters. The van der Waals surface area contributed by atoms with Gasteiger partial charge in [0.2, 0.25) is 0 Å². The number of fused-ring (bicyclic) bond motifs is 1. The Hall–Kier alpha value is -4.02. The van der Waals surface area contributed by atoms with E-state index < -0.39 is 23.8 Å². The molecular weight excluding hydrogens is 519 g/mol. The van der Waals surface area contributed by atoms with Crippen LogP contribution in [0, 0.1) is 0 Å². The maximum absolute atomic E-state index is 14.2. The van der Waals surface area contributed by atoms with Crippen molar-refractivity contribution >= 4 is 11.6 Å². The quantitative estimate of drug-likeness (QED) is 0.341. The third-order valence-corrected chi connectivity index (χ3v) is 7.80. The van der Waals surface area contributed by atoms with Crippen molar-refractivity contribution in [3.05, 3.63) is 89.2 Å². The van der Waals surface area contributed by atoms with Crippen molar-refractivity contribution in [2.24, 2.45) is 7.05 Å². The number of aryl methyl sites for hydroxylation is 1. The predicted octanol–water partition coefficient (Wildman–Crippen LogP) is 5.33. The van der Waals surface area contributed by atoms with E-state index in [2.05, 4.69) is 15.5 Å². The fourth-order valence-electron chi connectivity index (χ4n) is 5.76. The lowest BCUT2D eigenvalue weighted by Crippen LogP contribution is -2.35. The zero-order chi connectivity index (χ0) is 28.0. The van der Waals surface area contributed by atoms with E-state index in [-0.39, 0.29) is 30.3 Å². The largest absolute Gasteiger partial charge is 0.416 e. The number of carbonyl (C=O) groups excluding carboxylic acids is 1. The van der Waals surface area contributed by atoms with Crippen LogP contribution in [-0.4, -0.2) is 37.9 Å². The number of nitrogens with zero attached hydrogens (tertiary/aromatic N) is 4. The average Bonchev–Trinajstić information content (AvgIpc) is 3.65. The number of aliphatic hydroxyl groups excluding tert-OH is 1. The van der Waals surface area contributed by atoms with Gasteiger partial charge in [0, 0.05) is 36.4 Å². The smallest absolute Gasteiger partial charge is 0.392 e. The van der Waals surface area contributed by atoms with Crippen molar-refractivity contribution in [1.82, 2.24) is 20.1 Å². The van der Waals surface area contributed by atoms with Gasteiger partial charge in [-0.3, -0.25) is 4.79 Å². The highest BCUT2D eigenvalue weighted by atomic mass is 19.4. The molecule has 2 aliphatic rings. The van der Waals surface area contributed by atoms with Crippen LogP contribution < -0.4 is 10.2 Å². The molecule has 206 valence electrons. The minimum Gasteiger partial charge on any atom is -0.392 e. The van der Waals surface area contributed by atoms with Crippen LogP contribution in [-0.2, 0) is 26.3 Å². The monoisotopic (exact) mass is 547 g/mol. The topological polar surface area (TPSA) is 83.3 Å². The minimum atomic E-state index is -4.61. The van der Waals surface area contributed by atoms with Crippen molar-refractivity contribution in [2.75, 3.05) is 4.90 Å². The second-order valence-corrected chi connectivity index (χ2v) is 10.4. The molecule has 2 N–H and O–H groups in total. The summed E-state index contributed by atoms with van der Waals surface area (Å²) in [5, 5.41) is 21.4. The first-order chi connectivity index (χ1) is 19.2. The summed E-state index contributed by atoms with van der Waals surface area (Å²) in [6, 6.07) is 17.4. The van der Waals surface area contributed by atoms with E-state index in [0.717, 1.165) is 35.6 Å². The molecule has 10 heteroatoms. The van der Waals surface area contributed by atoms with Gasteiger partial charge >= 0.3 is 6.18 Å². The lowest BCUT2D eigenvalue weighted by Gasteiger charge is -2.18. The number of aromatic nitrogens is 3. The van der Waals surface area contributed by atoms with E-state index >= 15 is 0 Å². The SMILES string of the molecule is Cn1cnnc1-c1ccccc1-c1cccc(N2Cc3c(cc(CN[C@@H]4CCC[C@@H]4O)cc3C(F)(F)F)C2=O)c1. The molecule has 4 aromatic rings. The number of benzene rings is 3. The number of rotatable bonds is 6. The Morgan fingerprint density at radius 3 is 2.52 bits per heavy atom. The van der Waals surface area contributed by atoms with Crippen LogP contribution in [0.4, 0.5) is 18.9 Å². The third kappa shape index (κ3) is 4.77. The summed E-state index contributed by atoms with van der Waals surface area (Å²) in [4.78, 5) is 15.0. The molecule has 1 aliphatic carbocycles. The summed E-state index contributed by atoms with van der Waals surface area (Å²) in [6.07, 6.45) is -1.21. The summed E-state index contributed by atoms with van der Waals surface area (Å²) in [5.74, 6) is 0.203. The summed E-state index contributed by atoms with van der Waals surface area (Å²) >= 11 is 0. The van der Waals surface area contributed by atoms with Gasteiger partial charge in [0.1, 0.15) is 6.33 Å². The molecule has 40 heavy (non-hydrogen) atoms. The highest BCUT2D eigenvalue weighted by molar-refractivity contribution is 6.10.